The van der Waals surface area contributed by atoms with E-state index in [1.165, 1.54) is 0 Å². The molecule has 112 valence electrons. The molecule has 0 spiro atoms. The van der Waals surface area contributed by atoms with Crippen molar-refractivity contribution < 1.29 is 14.6 Å². The van der Waals surface area contributed by atoms with Crippen molar-refractivity contribution in [2.75, 3.05) is 5.75 Å². The Morgan fingerprint density at radius 3 is 2.86 bits per heavy atom. The number of benzene rings is 1. The van der Waals surface area contributed by atoms with E-state index in [9.17, 15) is 4.79 Å². The Morgan fingerprint density at radius 1 is 1.43 bits per heavy atom. The number of hydrogen-bond donors (Lipinski definition) is 1. The van der Waals surface area contributed by atoms with E-state index in [4.69, 9.17) is 9.84 Å². The minimum atomic E-state index is -0.878. The normalized spacial score (nSPS) is 10.9. The van der Waals surface area contributed by atoms with Crippen molar-refractivity contribution in [3.05, 3.63) is 24.3 Å². The Bertz CT molecular complexity index is 640. The van der Waals surface area contributed by atoms with E-state index < -0.39 is 5.97 Å². The average Bonchev–Trinajstić information content (AvgIpc) is 2.77. The van der Waals surface area contributed by atoms with E-state index in [0.717, 1.165) is 23.1 Å². The van der Waals surface area contributed by atoms with Crippen LogP contribution >= 0.6 is 11.8 Å². The van der Waals surface area contributed by atoms with Crippen molar-refractivity contribution in [1.29, 1.82) is 0 Å². The van der Waals surface area contributed by atoms with Gasteiger partial charge < -0.3 is 14.4 Å². The fraction of sp³-hybridized carbons (Fsp3) is 0.357. The second kappa shape index (κ2) is 6.62. The predicted octanol–water partition coefficient (Wildman–Crippen LogP) is 2.45. The molecule has 0 atom stereocenters. The number of carboxylic acids is 1. The third kappa shape index (κ3) is 3.98. The summed E-state index contributed by atoms with van der Waals surface area (Å²) in [7, 11) is 1.81. The maximum Gasteiger partial charge on any atom is 0.313 e. The number of carboxylic acid groups (broad SMARTS) is 1. The minimum Gasteiger partial charge on any atom is -0.491 e. The van der Waals surface area contributed by atoms with Crippen LogP contribution in [0, 0.1) is 0 Å². The molecular formula is C14H17N3O3S. The molecule has 21 heavy (non-hydrogen) atoms. The summed E-state index contributed by atoms with van der Waals surface area (Å²) in [5.41, 5.74) is 0.880. The zero-order valence-corrected chi connectivity index (χ0v) is 12.9. The summed E-state index contributed by atoms with van der Waals surface area (Å²) in [5, 5.41) is 17.4. The highest BCUT2D eigenvalue weighted by atomic mass is 32.2. The Labute approximate surface area is 127 Å². The van der Waals surface area contributed by atoms with Crippen molar-refractivity contribution >= 4 is 17.7 Å². The molecule has 1 aromatic carbocycles. The summed E-state index contributed by atoms with van der Waals surface area (Å²) in [6.45, 7) is 3.94. The van der Waals surface area contributed by atoms with Crippen molar-refractivity contribution in [1.82, 2.24) is 14.8 Å². The van der Waals surface area contributed by atoms with Crippen LogP contribution in [0.15, 0.2) is 29.4 Å². The van der Waals surface area contributed by atoms with Gasteiger partial charge in [0.25, 0.3) is 0 Å². The second-order valence-corrected chi connectivity index (χ2v) is 5.68. The van der Waals surface area contributed by atoms with Gasteiger partial charge in [-0.25, -0.2) is 0 Å². The molecule has 2 rings (SSSR count). The summed E-state index contributed by atoms with van der Waals surface area (Å²) >= 11 is 1.14. The molecule has 0 bridgehead atoms. The lowest BCUT2D eigenvalue weighted by Gasteiger charge is -2.10. The lowest BCUT2D eigenvalue weighted by atomic mass is 10.2. The van der Waals surface area contributed by atoms with Gasteiger partial charge >= 0.3 is 5.97 Å². The molecule has 0 saturated carbocycles. The fourth-order valence-corrected chi connectivity index (χ4v) is 2.43. The summed E-state index contributed by atoms with van der Waals surface area (Å²) in [6, 6.07) is 7.60. The molecule has 0 aliphatic carbocycles. The van der Waals surface area contributed by atoms with Crippen LogP contribution in [0.25, 0.3) is 11.4 Å². The molecule has 1 aromatic heterocycles. The second-order valence-electron chi connectivity index (χ2n) is 4.74. The van der Waals surface area contributed by atoms with Crippen LogP contribution in [0.5, 0.6) is 5.75 Å². The Hall–Kier alpha value is -2.02. The zero-order valence-electron chi connectivity index (χ0n) is 12.1. The van der Waals surface area contributed by atoms with Crippen LogP contribution in [0.4, 0.5) is 0 Å². The summed E-state index contributed by atoms with van der Waals surface area (Å²) in [6.07, 6.45) is 0.0985. The average molecular weight is 307 g/mol. The molecule has 0 unspecified atom stereocenters. The Balaban J connectivity index is 2.24. The smallest absolute Gasteiger partial charge is 0.313 e. The van der Waals surface area contributed by atoms with E-state index in [-0.39, 0.29) is 11.9 Å². The van der Waals surface area contributed by atoms with Gasteiger partial charge in [0.1, 0.15) is 5.75 Å². The molecular weight excluding hydrogens is 290 g/mol. The van der Waals surface area contributed by atoms with Gasteiger partial charge in [-0.15, -0.1) is 10.2 Å². The highest BCUT2D eigenvalue weighted by Crippen LogP contribution is 2.25. The molecule has 0 aliphatic heterocycles. The SMILES string of the molecule is CC(C)Oc1cccc(-c2nnc(SCC(=O)O)n2C)c1. The maximum atomic E-state index is 10.6. The predicted molar refractivity (Wildman–Crippen MR) is 80.6 cm³/mol. The molecule has 0 aliphatic rings. The number of thioether (sulfide) groups is 1. The summed E-state index contributed by atoms with van der Waals surface area (Å²) < 4.78 is 7.44. The zero-order chi connectivity index (χ0) is 15.4. The molecule has 0 amide bonds. The molecule has 0 radical (unpaired) electrons. The van der Waals surface area contributed by atoms with Gasteiger partial charge in [-0.2, -0.15) is 0 Å². The number of hydrogen-bond acceptors (Lipinski definition) is 5. The number of ether oxygens (including phenoxy) is 1. The Kier molecular flexibility index (Phi) is 4.85. The largest absolute Gasteiger partial charge is 0.491 e. The van der Waals surface area contributed by atoms with E-state index in [1.54, 1.807) is 4.57 Å². The van der Waals surface area contributed by atoms with E-state index in [0.29, 0.717) is 11.0 Å². The fourth-order valence-electron chi connectivity index (χ4n) is 1.80. The molecule has 6 nitrogen and oxygen atoms in total. The number of nitrogens with zero attached hydrogens (tertiary/aromatic N) is 3. The van der Waals surface area contributed by atoms with E-state index in [1.807, 2.05) is 45.2 Å². The van der Waals surface area contributed by atoms with Gasteiger partial charge in [0.05, 0.1) is 11.9 Å². The minimum absolute atomic E-state index is 0.0392. The first-order valence-corrected chi connectivity index (χ1v) is 7.47. The van der Waals surface area contributed by atoms with Crippen LogP contribution in [-0.4, -0.2) is 37.7 Å². The highest BCUT2D eigenvalue weighted by Gasteiger charge is 2.13. The van der Waals surface area contributed by atoms with Crippen LogP contribution in [0.2, 0.25) is 0 Å². The quantitative estimate of drug-likeness (QED) is 0.826. The number of aromatic nitrogens is 3. The Morgan fingerprint density at radius 2 is 2.19 bits per heavy atom. The molecule has 0 fully saturated rings. The summed E-state index contributed by atoms with van der Waals surface area (Å²) in [4.78, 5) is 10.6. The van der Waals surface area contributed by atoms with Crippen LogP contribution in [-0.2, 0) is 11.8 Å². The van der Waals surface area contributed by atoms with Crippen LogP contribution in [0.3, 0.4) is 0 Å². The first-order valence-electron chi connectivity index (χ1n) is 6.48. The van der Waals surface area contributed by atoms with Gasteiger partial charge in [0, 0.05) is 12.6 Å². The lowest BCUT2D eigenvalue weighted by Crippen LogP contribution is -2.05. The first kappa shape index (κ1) is 15.4. The topological polar surface area (TPSA) is 77.2 Å². The van der Waals surface area contributed by atoms with Crippen LogP contribution in [0.1, 0.15) is 13.8 Å². The van der Waals surface area contributed by atoms with Gasteiger partial charge in [-0.3, -0.25) is 4.79 Å². The van der Waals surface area contributed by atoms with Crippen molar-refractivity contribution in [2.24, 2.45) is 7.05 Å². The molecule has 1 N–H and O–H groups in total. The molecule has 0 saturated heterocycles. The number of rotatable bonds is 6. The standard InChI is InChI=1S/C14H17N3O3S/c1-9(2)20-11-6-4-5-10(7-11)13-15-16-14(17(13)3)21-8-12(18)19/h4-7,9H,8H2,1-3H3,(H,18,19). The van der Waals surface area contributed by atoms with Gasteiger partial charge in [0.2, 0.25) is 0 Å². The van der Waals surface area contributed by atoms with Crippen molar-refractivity contribution in [3.8, 4) is 17.1 Å². The monoisotopic (exact) mass is 307 g/mol. The molecule has 2 aromatic rings. The van der Waals surface area contributed by atoms with Crippen molar-refractivity contribution in [2.45, 2.75) is 25.1 Å². The van der Waals surface area contributed by atoms with Gasteiger partial charge in [0.15, 0.2) is 11.0 Å². The third-order valence-electron chi connectivity index (χ3n) is 2.62. The highest BCUT2D eigenvalue weighted by molar-refractivity contribution is 7.99. The van der Waals surface area contributed by atoms with Crippen LogP contribution < -0.4 is 4.74 Å². The third-order valence-corrected chi connectivity index (χ3v) is 3.63. The number of carbonyl (C=O) groups is 1. The van der Waals surface area contributed by atoms with Gasteiger partial charge in [-0.1, -0.05) is 23.9 Å². The number of aliphatic carboxylic acids is 1. The molecule has 7 heteroatoms. The van der Waals surface area contributed by atoms with E-state index in [2.05, 4.69) is 10.2 Å². The maximum absolute atomic E-state index is 10.6. The van der Waals surface area contributed by atoms with Gasteiger partial charge in [-0.05, 0) is 26.0 Å². The summed E-state index contributed by atoms with van der Waals surface area (Å²) in [5.74, 6) is 0.530. The van der Waals surface area contributed by atoms with Crippen molar-refractivity contribution in [3.63, 3.8) is 0 Å². The molecule has 1 heterocycles. The first-order chi connectivity index (χ1) is 9.97. The van der Waals surface area contributed by atoms with E-state index >= 15 is 0 Å². The lowest BCUT2D eigenvalue weighted by molar-refractivity contribution is -0.133.